The van der Waals surface area contributed by atoms with Crippen LogP contribution < -0.4 is 24.8 Å². The van der Waals surface area contributed by atoms with Gasteiger partial charge in [-0.2, -0.15) is 0 Å². The van der Waals surface area contributed by atoms with Crippen LogP contribution in [0, 0.1) is 11.8 Å². The topological polar surface area (TPSA) is 0 Å². The summed E-state index contributed by atoms with van der Waals surface area (Å²) in [5.41, 5.74) is 0. The molecule has 0 heterocycles. The van der Waals surface area contributed by atoms with Crippen LogP contribution in [-0.4, -0.2) is 0 Å². The van der Waals surface area contributed by atoms with Crippen molar-refractivity contribution in [1.82, 2.24) is 0 Å². The molecule has 0 aliphatic heterocycles. The summed E-state index contributed by atoms with van der Waals surface area (Å²) in [6, 6.07) is 0. The first-order valence-corrected chi connectivity index (χ1v) is 8.91. The van der Waals surface area contributed by atoms with E-state index in [-0.39, 0.29) is 47.7 Å². The molecule has 0 saturated carbocycles. The van der Waals surface area contributed by atoms with Crippen molar-refractivity contribution in [3.8, 4) is 0 Å². The zero-order chi connectivity index (χ0) is 7.28. The molecule has 0 aromatic carbocycles. The van der Waals surface area contributed by atoms with E-state index >= 15 is 0 Å². The Hall–Kier alpha value is 1.45. The summed E-state index contributed by atoms with van der Waals surface area (Å²) in [6.45, 7) is 9.36. The molecule has 0 aromatic heterocycles. The van der Waals surface area contributed by atoms with Gasteiger partial charge in [0.1, 0.15) is 0 Å². The van der Waals surface area contributed by atoms with Crippen molar-refractivity contribution in [2.75, 3.05) is 0 Å². The predicted molar refractivity (Wildman–Crippen MR) is 39.3 cm³/mol. The van der Waals surface area contributed by atoms with Gasteiger partial charge in [-0.3, -0.25) is 0 Å². The van der Waals surface area contributed by atoms with E-state index in [4.69, 9.17) is 0 Å². The van der Waals surface area contributed by atoms with Gasteiger partial charge in [0, 0.05) is 0 Å². The average molecular weight is 364 g/mol. The molecular formula is C8H18Cl2Hf. The van der Waals surface area contributed by atoms with Gasteiger partial charge >= 0.3 is 70.8 Å². The van der Waals surface area contributed by atoms with Gasteiger partial charge in [0.2, 0.25) is 0 Å². The molecule has 0 atom stereocenters. The molecule has 68 valence electrons. The van der Waals surface area contributed by atoms with Crippen molar-refractivity contribution in [3.63, 3.8) is 0 Å². The van der Waals surface area contributed by atoms with Crippen LogP contribution in [0.1, 0.15) is 27.7 Å². The van der Waals surface area contributed by atoms with E-state index in [0.29, 0.717) is 0 Å². The van der Waals surface area contributed by atoms with Gasteiger partial charge in [-0.15, -0.1) is 0 Å². The van der Waals surface area contributed by atoms with Gasteiger partial charge in [-0.1, -0.05) is 0 Å². The van der Waals surface area contributed by atoms with Gasteiger partial charge in [0.15, 0.2) is 0 Å². The number of hydrogen-bond donors (Lipinski definition) is 0. The molecular weight excluding hydrogens is 345 g/mol. The Morgan fingerprint density at radius 2 is 1.09 bits per heavy atom. The van der Waals surface area contributed by atoms with E-state index in [9.17, 15) is 0 Å². The summed E-state index contributed by atoms with van der Waals surface area (Å²) < 4.78 is 3.19. The maximum Gasteiger partial charge on any atom is -1.00 e. The summed E-state index contributed by atoms with van der Waals surface area (Å²) in [5.74, 6) is 1.96. The molecule has 0 aromatic rings. The minimum Gasteiger partial charge on any atom is -1.00 e. The smallest absolute Gasteiger partial charge is 1.00 e. The van der Waals surface area contributed by atoms with Crippen molar-refractivity contribution in [2.45, 2.75) is 36.0 Å². The van der Waals surface area contributed by atoms with E-state index in [1.54, 1.807) is 8.35 Å². The summed E-state index contributed by atoms with van der Waals surface area (Å²) in [7, 11) is 0. The van der Waals surface area contributed by atoms with Crippen LogP contribution in [0.3, 0.4) is 0 Å². The van der Waals surface area contributed by atoms with Gasteiger partial charge < -0.3 is 24.8 Å². The molecule has 0 N–H and O–H groups in total. The summed E-state index contributed by atoms with van der Waals surface area (Å²) >= 11 is -0.122. The third-order valence-corrected chi connectivity index (χ3v) is 9.05. The van der Waals surface area contributed by atoms with E-state index in [1.165, 1.54) is 0 Å². The molecule has 0 rings (SSSR count). The quantitative estimate of drug-likeness (QED) is 0.474. The van der Waals surface area contributed by atoms with Crippen LogP contribution in [0.15, 0.2) is 0 Å². The monoisotopic (exact) mass is 364 g/mol. The van der Waals surface area contributed by atoms with Gasteiger partial charge in [0.05, 0.1) is 0 Å². The molecule has 0 fully saturated rings. The molecule has 0 nitrogen and oxygen atoms in total. The maximum atomic E-state index is 2.34. The Kier molecular flexibility index (Phi) is 19.0. The van der Waals surface area contributed by atoms with Crippen molar-refractivity contribution in [3.05, 3.63) is 0 Å². The molecule has 0 aliphatic carbocycles. The molecule has 0 saturated heterocycles. The minimum absolute atomic E-state index is 0. The van der Waals surface area contributed by atoms with E-state index < -0.39 is 0 Å². The number of halogens is 2. The summed E-state index contributed by atoms with van der Waals surface area (Å²) in [5, 5.41) is 0. The van der Waals surface area contributed by atoms with E-state index in [2.05, 4.69) is 27.7 Å². The largest absolute Gasteiger partial charge is 1.00 e. The van der Waals surface area contributed by atoms with Crippen LogP contribution in [0.2, 0.25) is 8.35 Å². The SMILES string of the molecule is CC(C)[CH2][Hf+2][CH2]C(C)C.[Cl-].[Cl-]. The maximum absolute atomic E-state index is 2.34. The minimum atomic E-state index is -0.122. The van der Waals surface area contributed by atoms with Gasteiger partial charge in [-0.05, 0) is 0 Å². The fraction of sp³-hybridized carbons (Fsp3) is 1.00. The second kappa shape index (κ2) is 11.5. The first-order valence-electron chi connectivity index (χ1n) is 3.83. The van der Waals surface area contributed by atoms with Crippen LogP contribution in [0.4, 0.5) is 0 Å². The first kappa shape index (κ1) is 18.3. The Morgan fingerprint density at radius 3 is 1.27 bits per heavy atom. The van der Waals surface area contributed by atoms with E-state index in [0.717, 1.165) is 11.8 Å². The average Bonchev–Trinajstić information content (AvgIpc) is 1.63. The second-order valence-electron chi connectivity index (χ2n) is 3.45. The Morgan fingerprint density at radius 1 is 0.818 bits per heavy atom. The van der Waals surface area contributed by atoms with Gasteiger partial charge in [0.25, 0.3) is 0 Å². The first-order chi connectivity index (χ1) is 4.13. The summed E-state index contributed by atoms with van der Waals surface area (Å²) in [6.07, 6.45) is 0. The molecule has 0 amide bonds. The molecule has 11 heavy (non-hydrogen) atoms. The van der Waals surface area contributed by atoms with Crippen molar-refractivity contribution in [2.24, 2.45) is 11.8 Å². The number of rotatable bonds is 4. The Bertz CT molecular complexity index is 57.1. The van der Waals surface area contributed by atoms with Crippen LogP contribution >= 0.6 is 0 Å². The predicted octanol–water partition coefficient (Wildman–Crippen LogP) is -2.77. The number of hydrogen-bond acceptors (Lipinski definition) is 0. The van der Waals surface area contributed by atoms with Crippen LogP contribution in [-0.2, 0) is 22.9 Å². The third-order valence-electron chi connectivity index (χ3n) is 1.11. The summed E-state index contributed by atoms with van der Waals surface area (Å²) in [4.78, 5) is 0. The third kappa shape index (κ3) is 18.4. The molecule has 3 heteroatoms. The fourth-order valence-corrected chi connectivity index (χ4v) is 5.41. The van der Waals surface area contributed by atoms with Crippen molar-refractivity contribution in [1.29, 1.82) is 0 Å². The standard InChI is InChI=1S/2C4H9.2ClH.Hf/c2*1-4(2)3;;;/h2*4H,1H2,2-3H3;2*1H;/q;;;;+2/p-2. The normalized spacial score (nSPS) is 8.55. The molecule has 0 unspecified atom stereocenters. The fourth-order valence-electron chi connectivity index (χ4n) is 0.661. The second-order valence-corrected chi connectivity index (χ2v) is 8.18. The van der Waals surface area contributed by atoms with Crippen LogP contribution in [0.25, 0.3) is 0 Å². The zero-order valence-corrected chi connectivity index (χ0v) is 12.9. The van der Waals surface area contributed by atoms with Gasteiger partial charge in [-0.25, -0.2) is 0 Å². The molecule has 0 bridgehead atoms. The molecule has 0 spiro atoms. The Labute approximate surface area is 95.1 Å². The zero-order valence-electron chi connectivity index (χ0n) is 7.82. The molecule has 0 radical (unpaired) electrons. The van der Waals surface area contributed by atoms with Crippen molar-refractivity contribution < 1.29 is 47.7 Å². The van der Waals surface area contributed by atoms with E-state index in [1.807, 2.05) is 0 Å². The van der Waals surface area contributed by atoms with Crippen LogP contribution in [0.5, 0.6) is 0 Å². The Balaban J connectivity index is -0.000000320. The molecule has 0 aliphatic rings. The van der Waals surface area contributed by atoms with Crippen molar-refractivity contribution >= 4 is 0 Å².